The maximum Gasteiger partial charge on any atom is 0.335 e. The van der Waals surface area contributed by atoms with Crippen LogP contribution in [0.4, 0.5) is 0 Å². The zero-order valence-corrected chi connectivity index (χ0v) is 33.8. The number of aliphatic hydroxyl groups is 5. The van der Waals surface area contributed by atoms with Crippen LogP contribution in [0.2, 0.25) is 0 Å². The molecule has 56 heavy (non-hydrogen) atoms. The molecule has 2 heterocycles. The zero-order chi connectivity index (χ0) is 41.1. The predicted molar refractivity (Wildman–Crippen MR) is 197 cm³/mol. The lowest BCUT2D eigenvalue weighted by molar-refractivity contribution is -0.362. The van der Waals surface area contributed by atoms with Crippen molar-refractivity contribution in [3.63, 3.8) is 0 Å². The van der Waals surface area contributed by atoms with E-state index in [1.165, 1.54) is 12.5 Å². The zero-order valence-electron chi connectivity index (χ0n) is 33.8. The number of aldehydes is 1. The normalized spacial score (nSPS) is 54.0. The summed E-state index contributed by atoms with van der Waals surface area (Å²) >= 11 is 0. The molecule has 7 N–H and O–H groups in total. The summed E-state index contributed by atoms with van der Waals surface area (Å²) in [5.74, 6) is -2.21. The third-order valence-electron chi connectivity index (χ3n) is 17.2. The summed E-state index contributed by atoms with van der Waals surface area (Å²) in [5.41, 5.74) is -1.14. The summed E-state index contributed by atoms with van der Waals surface area (Å²) in [6.45, 7) is 14.8. The SMILES string of the molecule is CC1OC(OC2C(O)C(OC3CCC4(C)C(CCC5(C)C4CC=C4C6CC(C)(C)CCC6(C(=O)O)CCC45C)C3(C)C=O)OC(C(=O)O)C2O)C(O)C(O)C1O. The minimum Gasteiger partial charge on any atom is -0.481 e. The number of carboxylic acid groups (broad SMARTS) is 2. The Morgan fingerprint density at radius 1 is 0.768 bits per heavy atom. The van der Waals surface area contributed by atoms with Gasteiger partial charge in [-0.15, -0.1) is 0 Å². The van der Waals surface area contributed by atoms with Crippen molar-refractivity contribution in [3.05, 3.63) is 11.6 Å². The molecule has 4 saturated carbocycles. The van der Waals surface area contributed by atoms with Gasteiger partial charge in [0.2, 0.25) is 0 Å². The molecule has 19 unspecified atom stereocenters. The van der Waals surface area contributed by atoms with Crippen LogP contribution in [0.5, 0.6) is 0 Å². The first kappa shape index (κ1) is 42.1. The second-order valence-corrected chi connectivity index (χ2v) is 20.4. The molecule has 0 aromatic carbocycles. The number of carbonyl (C=O) groups is 3. The van der Waals surface area contributed by atoms with Gasteiger partial charge in [-0.05, 0) is 111 Å². The smallest absolute Gasteiger partial charge is 0.335 e. The third-order valence-corrected chi connectivity index (χ3v) is 17.2. The Morgan fingerprint density at radius 3 is 2.07 bits per heavy atom. The highest BCUT2D eigenvalue weighted by Crippen LogP contribution is 2.75. The number of aliphatic hydroxyl groups excluding tert-OH is 5. The molecule has 5 aliphatic carbocycles. The van der Waals surface area contributed by atoms with Crippen LogP contribution in [0.1, 0.15) is 113 Å². The quantitative estimate of drug-likeness (QED) is 0.112. The van der Waals surface area contributed by atoms with Crippen molar-refractivity contribution >= 4 is 18.2 Å². The Balaban J connectivity index is 1.15. The van der Waals surface area contributed by atoms with Crippen molar-refractivity contribution in [2.75, 3.05) is 0 Å². The van der Waals surface area contributed by atoms with E-state index in [1.807, 2.05) is 6.92 Å². The maximum atomic E-state index is 13.4. The molecular weight excluding hydrogens is 728 g/mol. The molecule has 0 bridgehead atoms. The van der Waals surface area contributed by atoms with Crippen LogP contribution in [-0.2, 0) is 33.3 Å². The minimum absolute atomic E-state index is 0.0222. The number of fused-ring (bicyclic) bond motifs is 7. The summed E-state index contributed by atoms with van der Waals surface area (Å²) in [6, 6.07) is 0. The highest BCUT2D eigenvalue weighted by molar-refractivity contribution is 5.76. The summed E-state index contributed by atoms with van der Waals surface area (Å²) in [7, 11) is 0. The molecule has 6 fully saturated rings. The summed E-state index contributed by atoms with van der Waals surface area (Å²) < 4.78 is 23.4. The number of ether oxygens (including phenoxy) is 4. The molecule has 14 heteroatoms. The van der Waals surface area contributed by atoms with Gasteiger partial charge in [-0.25, -0.2) is 4.79 Å². The number of carbonyl (C=O) groups excluding carboxylic acids is 1. The number of carboxylic acids is 2. The van der Waals surface area contributed by atoms with Crippen LogP contribution in [0, 0.1) is 50.2 Å². The van der Waals surface area contributed by atoms with Crippen LogP contribution in [-0.4, -0.2) is 121 Å². The van der Waals surface area contributed by atoms with Gasteiger partial charge in [0.05, 0.1) is 23.0 Å². The molecule has 0 aromatic rings. The standard InChI is InChI=1S/C42H64O14/c1-20-26(44)27(45)28(46)34(53-20)55-31-29(47)32(33(49)50)56-35(30(31)48)54-25-11-12-38(4)23(39(25,5)19-43)10-13-41(7)24(38)9-8-21-22-18-37(2,3)14-16-42(22,36(51)52)17-15-40(21,41)6/h8,19-20,22-32,34-35,44-48H,9-18H2,1-7H3,(H,49,50)(H,51,52). The average Bonchev–Trinajstić information content (AvgIpc) is 3.13. The average molecular weight is 793 g/mol. The molecule has 2 aliphatic heterocycles. The van der Waals surface area contributed by atoms with Crippen molar-refractivity contribution in [1.29, 1.82) is 0 Å². The van der Waals surface area contributed by atoms with E-state index in [1.54, 1.807) is 0 Å². The van der Waals surface area contributed by atoms with Crippen molar-refractivity contribution < 1.29 is 69.1 Å². The van der Waals surface area contributed by atoms with Crippen LogP contribution >= 0.6 is 0 Å². The lowest BCUT2D eigenvalue weighted by Crippen LogP contribution is -2.67. The number of allylic oxidation sites excluding steroid dienone is 2. The van der Waals surface area contributed by atoms with Crippen molar-refractivity contribution in [2.24, 2.45) is 50.2 Å². The van der Waals surface area contributed by atoms with Gasteiger partial charge in [0, 0.05) is 0 Å². The summed E-state index contributed by atoms with van der Waals surface area (Å²) in [6.07, 6.45) is -6.80. The van der Waals surface area contributed by atoms with Gasteiger partial charge in [0.1, 0.15) is 42.9 Å². The molecule has 0 amide bonds. The molecule has 2 saturated heterocycles. The monoisotopic (exact) mass is 792 g/mol. The van der Waals surface area contributed by atoms with Gasteiger partial charge in [-0.3, -0.25) is 4.79 Å². The van der Waals surface area contributed by atoms with Gasteiger partial charge >= 0.3 is 11.9 Å². The maximum absolute atomic E-state index is 13.4. The van der Waals surface area contributed by atoms with Gasteiger partial charge in [-0.1, -0.05) is 53.2 Å². The molecule has 19 atom stereocenters. The Labute approximate surface area is 328 Å². The fourth-order valence-corrected chi connectivity index (χ4v) is 13.5. The second kappa shape index (κ2) is 14.0. The van der Waals surface area contributed by atoms with E-state index < -0.39 is 90.3 Å². The molecule has 7 aliphatic rings. The predicted octanol–water partition coefficient (Wildman–Crippen LogP) is 3.18. The Hall–Kier alpha value is -2.01. The summed E-state index contributed by atoms with van der Waals surface area (Å²) in [4.78, 5) is 38.8. The number of hydrogen-bond acceptors (Lipinski definition) is 12. The molecule has 0 radical (unpaired) electrons. The highest BCUT2D eigenvalue weighted by Gasteiger charge is 2.70. The van der Waals surface area contributed by atoms with Gasteiger partial charge in [0.15, 0.2) is 18.7 Å². The molecule has 0 spiro atoms. The first-order valence-electron chi connectivity index (χ1n) is 20.7. The van der Waals surface area contributed by atoms with E-state index in [2.05, 4.69) is 40.7 Å². The Kier molecular flexibility index (Phi) is 10.6. The highest BCUT2D eigenvalue weighted by atomic mass is 16.7. The first-order chi connectivity index (χ1) is 26.0. The van der Waals surface area contributed by atoms with E-state index in [4.69, 9.17) is 18.9 Å². The number of rotatable bonds is 7. The molecule has 0 aromatic heterocycles. The van der Waals surface area contributed by atoms with E-state index in [9.17, 15) is 50.1 Å². The van der Waals surface area contributed by atoms with Crippen LogP contribution in [0.25, 0.3) is 0 Å². The fraction of sp³-hybridized carbons (Fsp3) is 0.881. The van der Waals surface area contributed by atoms with E-state index in [0.717, 1.165) is 38.4 Å². The molecular formula is C42H64O14. The van der Waals surface area contributed by atoms with E-state index in [0.29, 0.717) is 32.1 Å². The van der Waals surface area contributed by atoms with Crippen LogP contribution < -0.4 is 0 Å². The lowest BCUT2D eigenvalue weighted by atomic mass is 9.33. The van der Waals surface area contributed by atoms with E-state index in [-0.39, 0.29) is 39.4 Å². The topological polar surface area (TPSA) is 230 Å². The molecule has 14 nitrogen and oxygen atoms in total. The lowest BCUT2D eigenvalue weighted by Gasteiger charge is -2.71. The Bertz CT molecular complexity index is 1600. The fourth-order valence-electron chi connectivity index (χ4n) is 13.5. The van der Waals surface area contributed by atoms with Crippen LogP contribution in [0.15, 0.2) is 11.6 Å². The third kappa shape index (κ3) is 6.01. The van der Waals surface area contributed by atoms with Gasteiger partial charge < -0.3 is 59.5 Å². The Morgan fingerprint density at radius 2 is 1.43 bits per heavy atom. The number of aliphatic carboxylic acids is 2. The van der Waals surface area contributed by atoms with Crippen molar-refractivity contribution in [1.82, 2.24) is 0 Å². The first-order valence-corrected chi connectivity index (χ1v) is 20.7. The minimum atomic E-state index is -1.94. The van der Waals surface area contributed by atoms with Crippen LogP contribution in [0.3, 0.4) is 0 Å². The molecule has 7 rings (SSSR count). The van der Waals surface area contributed by atoms with Gasteiger partial charge in [-0.2, -0.15) is 0 Å². The largest absolute Gasteiger partial charge is 0.481 e. The van der Waals surface area contributed by atoms with Crippen molar-refractivity contribution in [3.8, 4) is 0 Å². The second-order valence-electron chi connectivity index (χ2n) is 20.4. The molecule has 316 valence electrons. The van der Waals surface area contributed by atoms with Crippen molar-refractivity contribution in [2.45, 2.75) is 180 Å². The van der Waals surface area contributed by atoms with E-state index >= 15 is 0 Å². The number of hydrogen-bond donors (Lipinski definition) is 7. The summed E-state index contributed by atoms with van der Waals surface area (Å²) in [5, 5.41) is 74.3. The van der Waals surface area contributed by atoms with Gasteiger partial charge in [0.25, 0.3) is 0 Å².